The molecule has 2 aromatic rings. The second kappa shape index (κ2) is 8.43. The zero-order valence-electron chi connectivity index (χ0n) is 18.7. The van der Waals surface area contributed by atoms with Crippen molar-refractivity contribution in [3.8, 4) is 0 Å². The molecule has 1 amide bonds. The number of anilines is 3. The average Bonchev–Trinajstić information content (AvgIpc) is 3.36. The van der Waals surface area contributed by atoms with Crippen LogP contribution in [0.3, 0.4) is 0 Å². The average molecular weight is 434 g/mol. The fourth-order valence-corrected chi connectivity index (χ4v) is 5.08. The van der Waals surface area contributed by atoms with Crippen molar-refractivity contribution >= 4 is 29.4 Å². The van der Waals surface area contributed by atoms with Gasteiger partial charge in [-0.1, -0.05) is 25.0 Å². The summed E-state index contributed by atoms with van der Waals surface area (Å²) in [5, 5.41) is 16.5. The number of nitrogens with one attached hydrogen (secondary N) is 3. The maximum absolute atomic E-state index is 12.9. The quantitative estimate of drug-likeness (QED) is 0.576. The molecule has 3 heterocycles. The molecule has 1 aromatic heterocycles. The lowest BCUT2D eigenvalue weighted by molar-refractivity contribution is 0.0966. The summed E-state index contributed by atoms with van der Waals surface area (Å²) in [6, 6.07) is 8.39. The largest absolute Gasteiger partial charge is 0.365 e. The summed E-state index contributed by atoms with van der Waals surface area (Å²) < 4.78 is 0. The fraction of sp³-hybridized carbons (Fsp3) is 0.458. The first-order valence-electron chi connectivity index (χ1n) is 11.5. The van der Waals surface area contributed by atoms with Crippen molar-refractivity contribution in [2.75, 3.05) is 17.7 Å². The SMILES string of the molecule is Cc1cccc(Nc2nc(N[C@@H]3CCCC[C@@H]3N)c(C3CC=NN3C)c3c2C(=O)NC3)c1. The highest BCUT2D eigenvalue weighted by atomic mass is 16.1. The number of hydrazone groups is 1. The number of aryl methyl sites for hydroxylation is 1. The number of carbonyl (C=O) groups excluding carboxylic acids is 1. The van der Waals surface area contributed by atoms with Crippen LogP contribution >= 0.6 is 0 Å². The predicted octanol–water partition coefficient (Wildman–Crippen LogP) is 3.42. The molecule has 1 aromatic carbocycles. The Kier molecular flexibility index (Phi) is 5.46. The number of amides is 1. The molecule has 1 aliphatic carbocycles. The van der Waals surface area contributed by atoms with Gasteiger partial charge >= 0.3 is 0 Å². The summed E-state index contributed by atoms with van der Waals surface area (Å²) in [5.74, 6) is 1.30. The molecule has 3 aliphatic rings. The van der Waals surface area contributed by atoms with Crippen LogP contribution in [-0.2, 0) is 6.54 Å². The molecule has 1 saturated carbocycles. The Bertz CT molecular complexity index is 1070. The van der Waals surface area contributed by atoms with Crippen LogP contribution in [0.4, 0.5) is 17.3 Å². The van der Waals surface area contributed by atoms with Crippen molar-refractivity contribution in [3.63, 3.8) is 0 Å². The molecule has 1 unspecified atom stereocenters. The van der Waals surface area contributed by atoms with E-state index in [4.69, 9.17) is 10.7 Å². The molecule has 8 nitrogen and oxygen atoms in total. The van der Waals surface area contributed by atoms with E-state index in [9.17, 15) is 4.79 Å². The number of aromatic nitrogens is 1. The van der Waals surface area contributed by atoms with Gasteiger partial charge in [0, 0.05) is 49.6 Å². The zero-order valence-corrected chi connectivity index (χ0v) is 18.7. The molecule has 1 fully saturated rings. The van der Waals surface area contributed by atoms with Crippen LogP contribution in [0.2, 0.25) is 0 Å². The number of benzene rings is 1. The van der Waals surface area contributed by atoms with Gasteiger partial charge in [0.2, 0.25) is 0 Å². The van der Waals surface area contributed by atoms with Crippen molar-refractivity contribution in [2.24, 2.45) is 10.8 Å². The fourth-order valence-electron chi connectivity index (χ4n) is 5.08. The summed E-state index contributed by atoms with van der Waals surface area (Å²) in [6.45, 7) is 2.54. The first-order valence-corrected chi connectivity index (χ1v) is 11.5. The Hall–Kier alpha value is -3.13. The van der Waals surface area contributed by atoms with E-state index in [0.29, 0.717) is 17.9 Å². The van der Waals surface area contributed by atoms with Crippen molar-refractivity contribution in [3.05, 3.63) is 46.5 Å². The molecule has 0 spiro atoms. The van der Waals surface area contributed by atoms with Gasteiger partial charge in [-0.25, -0.2) is 4.98 Å². The molecule has 0 saturated heterocycles. The lowest BCUT2D eigenvalue weighted by atomic mass is 9.90. The lowest BCUT2D eigenvalue weighted by Gasteiger charge is -2.32. The zero-order chi connectivity index (χ0) is 22.2. The van der Waals surface area contributed by atoms with E-state index in [-0.39, 0.29) is 24.0 Å². The second-order valence-corrected chi connectivity index (χ2v) is 9.08. The maximum atomic E-state index is 12.9. The Labute approximate surface area is 188 Å². The van der Waals surface area contributed by atoms with Gasteiger partial charge in [0.1, 0.15) is 11.6 Å². The smallest absolute Gasteiger partial charge is 0.255 e. The number of pyridine rings is 1. The van der Waals surface area contributed by atoms with Crippen molar-refractivity contribution in [2.45, 2.75) is 63.7 Å². The molecular formula is C24H31N7O. The number of nitrogens with zero attached hydrogens (tertiary/aromatic N) is 3. The number of carbonyl (C=O) groups is 1. The number of hydrogen-bond donors (Lipinski definition) is 4. The topological polar surface area (TPSA) is 108 Å². The third kappa shape index (κ3) is 3.79. The maximum Gasteiger partial charge on any atom is 0.255 e. The van der Waals surface area contributed by atoms with Crippen LogP contribution in [0.15, 0.2) is 29.4 Å². The number of rotatable bonds is 5. The standard InChI is InChI=1S/C24H31N7O/c1-14-6-5-7-15(12-14)28-23-21-16(13-26-24(21)32)20(19-10-11-27-31(19)2)22(30-23)29-18-9-4-3-8-17(18)25/h5-7,11-12,17-19H,3-4,8-10,13,25H2,1-2H3,(H,26,32)(H2,28,29,30)/t17-,18+,19?/m0/s1. The first-order chi connectivity index (χ1) is 15.5. The minimum absolute atomic E-state index is 0.0410. The van der Waals surface area contributed by atoms with E-state index in [0.717, 1.165) is 53.9 Å². The highest BCUT2D eigenvalue weighted by molar-refractivity contribution is 6.04. The number of nitrogens with two attached hydrogens (primary N) is 1. The monoisotopic (exact) mass is 433 g/mol. The number of fused-ring (bicyclic) bond motifs is 1. The molecule has 0 bridgehead atoms. The van der Waals surface area contributed by atoms with E-state index >= 15 is 0 Å². The first kappa shape index (κ1) is 20.8. The van der Waals surface area contributed by atoms with E-state index in [1.165, 1.54) is 6.42 Å². The van der Waals surface area contributed by atoms with Crippen molar-refractivity contribution < 1.29 is 4.79 Å². The summed E-state index contributed by atoms with van der Waals surface area (Å²) in [4.78, 5) is 17.9. The van der Waals surface area contributed by atoms with Gasteiger partial charge in [-0.2, -0.15) is 5.10 Å². The highest BCUT2D eigenvalue weighted by Crippen LogP contribution is 2.40. The Balaban J connectivity index is 1.61. The van der Waals surface area contributed by atoms with E-state index < -0.39 is 0 Å². The summed E-state index contributed by atoms with van der Waals surface area (Å²) in [7, 11) is 1.97. The second-order valence-electron chi connectivity index (χ2n) is 9.08. The van der Waals surface area contributed by atoms with E-state index in [2.05, 4.69) is 27.1 Å². The molecule has 8 heteroatoms. The van der Waals surface area contributed by atoms with E-state index in [1.54, 1.807) is 0 Å². The molecule has 168 valence electrons. The van der Waals surface area contributed by atoms with Crippen LogP contribution in [0.25, 0.3) is 0 Å². The molecule has 5 rings (SSSR count). The Morgan fingerprint density at radius 3 is 2.81 bits per heavy atom. The van der Waals surface area contributed by atoms with Crippen molar-refractivity contribution in [1.82, 2.24) is 15.3 Å². The molecule has 2 aliphatic heterocycles. The lowest BCUT2D eigenvalue weighted by Crippen LogP contribution is -2.43. The Morgan fingerprint density at radius 1 is 1.22 bits per heavy atom. The molecule has 0 radical (unpaired) electrons. The van der Waals surface area contributed by atoms with Crippen molar-refractivity contribution in [1.29, 1.82) is 0 Å². The molecule has 5 N–H and O–H groups in total. The van der Waals surface area contributed by atoms with Gasteiger partial charge in [0.25, 0.3) is 5.91 Å². The predicted molar refractivity (Wildman–Crippen MR) is 127 cm³/mol. The van der Waals surface area contributed by atoms with E-state index in [1.807, 2.05) is 43.4 Å². The summed E-state index contributed by atoms with van der Waals surface area (Å²) >= 11 is 0. The van der Waals surface area contributed by atoms with Gasteiger partial charge in [-0.15, -0.1) is 0 Å². The van der Waals surface area contributed by atoms with Crippen LogP contribution in [0, 0.1) is 6.92 Å². The summed E-state index contributed by atoms with van der Waals surface area (Å²) in [6.07, 6.45) is 7.08. The Morgan fingerprint density at radius 2 is 2.06 bits per heavy atom. The third-order valence-electron chi connectivity index (χ3n) is 6.79. The highest BCUT2D eigenvalue weighted by Gasteiger charge is 2.36. The van der Waals surface area contributed by atoms with Gasteiger partial charge in [0.05, 0.1) is 11.6 Å². The van der Waals surface area contributed by atoms with Crippen LogP contribution < -0.4 is 21.7 Å². The van der Waals surface area contributed by atoms with Gasteiger partial charge in [-0.3, -0.25) is 9.80 Å². The minimum atomic E-state index is -0.0913. The van der Waals surface area contributed by atoms with Crippen LogP contribution in [0.1, 0.15) is 65.2 Å². The molecule has 32 heavy (non-hydrogen) atoms. The third-order valence-corrected chi connectivity index (χ3v) is 6.79. The van der Waals surface area contributed by atoms with Crippen LogP contribution in [-0.4, -0.2) is 41.2 Å². The van der Waals surface area contributed by atoms with Gasteiger partial charge in [-0.05, 0) is 43.0 Å². The normalized spacial score (nSPS) is 24.4. The van der Waals surface area contributed by atoms with Crippen LogP contribution in [0.5, 0.6) is 0 Å². The molecular weight excluding hydrogens is 402 g/mol. The minimum Gasteiger partial charge on any atom is -0.365 e. The number of hydrogen-bond acceptors (Lipinski definition) is 7. The summed E-state index contributed by atoms with van der Waals surface area (Å²) in [5.41, 5.74) is 11.2. The molecule has 3 atom stereocenters. The van der Waals surface area contributed by atoms with Gasteiger partial charge in [0.15, 0.2) is 0 Å². The van der Waals surface area contributed by atoms with Gasteiger partial charge < -0.3 is 21.7 Å².